The van der Waals surface area contributed by atoms with Crippen LogP contribution in [0.3, 0.4) is 0 Å². The molecule has 1 fully saturated rings. The average molecular weight is 332 g/mol. The van der Waals surface area contributed by atoms with Gasteiger partial charge in [-0.1, -0.05) is 44.9 Å². The van der Waals surface area contributed by atoms with Crippen LogP contribution in [0.4, 0.5) is 5.69 Å². The first kappa shape index (κ1) is 18.9. The third-order valence-electron chi connectivity index (χ3n) is 5.09. The van der Waals surface area contributed by atoms with E-state index in [4.69, 9.17) is 0 Å². The number of hydrogen-bond acceptors (Lipinski definition) is 3. The first-order valence-electron chi connectivity index (χ1n) is 9.32. The minimum atomic E-state index is -0.211. The molecule has 1 saturated carbocycles. The second-order valence-electron chi connectivity index (χ2n) is 7.02. The van der Waals surface area contributed by atoms with E-state index in [9.17, 15) is 9.90 Å². The maximum atomic E-state index is 12.5. The molecule has 4 nitrogen and oxygen atoms in total. The van der Waals surface area contributed by atoms with Crippen LogP contribution in [-0.4, -0.2) is 42.2 Å². The van der Waals surface area contributed by atoms with Crippen LogP contribution in [0.25, 0.3) is 0 Å². The van der Waals surface area contributed by atoms with Crippen molar-refractivity contribution in [2.75, 3.05) is 25.5 Å². The van der Waals surface area contributed by atoms with Gasteiger partial charge in [0.1, 0.15) is 0 Å². The number of amides is 1. The Labute approximate surface area is 146 Å². The molecule has 24 heavy (non-hydrogen) atoms. The predicted molar refractivity (Wildman–Crippen MR) is 99.3 cm³/mol. The van der Waals surface area contributed by atoms with Gasteiger partial charge in [-0.3, -0.25) is 9.69 Å². The van der Waals surface area contributed by atoms with Gasteiger partial charge in [-0.2, -0.15) is 0 Å². The summed E-state index contributed by atoms with van der Waals surface area (Å²) in [6, 6.07) is 6.22. The quantitative estimate of drug-likeness (QED) is 0.806. The van der Waals surface area contributed by atoms with Crippen LogP contribution in [0.15, 0.2) is 18.2 Å². The van der Waals surface area contributed by atoms with E-state index in [-0.39, 0.29) is 12.0 Å². The van der Waals surface area contributed by atoms with Gasteiger partial charge in [0.15, 0.2) is 0 Å². The maximum Gasteiger partial charge on any atom is 0.238 e. The predicted octanol–water partition coefficient (Wildman–Crippen LogP) is 3.23. The second kappa shape index (κ2) is 9.19. The SMILES string of the molecule is CCc1cccc(CC)c1NC(=O)CN(C)CC1CCCCC1O. The number of anilines is 1. The summed E-state index contributed by atoms with van der Waals surface area (Å²) >= 11 is 0. The van der Waals surface area contributed by atoms with Gasteiger partial charge in [0.05, 0.1) is 12.6 Å². The van der Waals surface area contributed by atoms with Crippen LogP contribution in [-0.2, 0) is 17.6 Å². The molecule has 0 heterocycles. The number of benzene rings is 1. The Bertz CT molecular complexity index is 522. The molecule has 1 aliphatic carbocycles. The van der Waals surface area contributed by atoms with Crippen LogP contribution in [0.1, 0.15) is 50.7 Å². The third kappa shape index (κ3) is 5.05. The number of para-hydroxylation sites is 1. The summed E-state index contributed by atoms with van der Waals surface area (Å²) in [6.07, 6.45) is 5.87. The van der Waals surface area contributed by atoms with E-state index in [1.165, 1.54) is 17.5 Å². The summed E-state index contributed by atoms with van der Waals surface area (Å²) in [7, 11) is 1.97. The van der Waals surface area contributed by atoms with E-state index in [0.29, 0.717) is 12.5 Å². The van der Waals surface area contributed by atoms with Crippen molar-refractivity contribution in [1.29, 1.82) is 0 Å². The van der Waals surface area contributed by atoms with E-state index in [0.717, 1.165) is 44.3 Å². The molecule has 0 aliphatic heterocycles. The second-order valence-corrected chi connectivity index (χ2v) is 7.02. The van der Waals surface area contributed by atoms with Crippen molar-refractivity contribution < 1.29 is 9.90 Å². The maximum absolute atomic E-state index is 12.5. The van der Waals surface area contributed by atoms with Gasteiger partial charge in [0.25, 0.3) is 0 Å². The molecule has 4 heteroatoms. The highest BCUT2D eigenvalue weighted by atomic mass is 16.3. The lowest BCUT2D eigenvalue weighted by atomic mass is 9.86. The van der Waals surface area contributed by atoms with Crippen LogP contribution in [0, 0.1) is 5.92 Å². The van der Waals surface area contributed by atoms with Crippen molar-refractivity contribution in [1.82, 2.24) is 4.90 Å². The number of aliphatic hydroxyl groups excluding tert-OH is 1. The van der Waals surface area contributed by atoms with Gasteiger partial charge in [-0.15, -0.1) is 0 Å². The fraction of sp³-hybridized carbons (Fsp3) is 0.650. The third-order valence-corrected chi connectivity index (χ3v) is 5.09. The summed E-state index contributed by atoms with van der Waals surface area (Å²) in [5, 5.41) is 13.2. The van der Waals surface area contributed by atoms with E-state index in [2.05, 4.69) is 37.4 Å². The first-order valence-corrected chi connectivity index (χ1v) is 9.32. The Morgan fingerprint density at radius 3 is 2.42 bits per heavy atom. The molecule has 1 aliphatic rings. The first-order chi connectivity index (χ1) is 11.5. The highest BCUT2D eigenvalue weighted by molar-refractivity contribution is 5.93. The van der Waals surface area contributed by atoms with Crippen LogP contribution in [0.2, 0.25) is 0 Å². The number of carbonyl (C=O) groups is 1. The zero-order valence-electron chi connectivity index (χ0n) is 15.3. The Kier molecular flexibility index (Phi) is 7.25. The Morgan fingerprint density at radius 2 is 1.83 bits per heavy atom. The fourth-order valence-corrected chi connectivity index (χ4v) is 3.69. The van der Waals surface area contributed by atoms with Crippen LogP contribution < -0.4 is 5.32 Å². The van der Waals surface area contributed by atoms with E-state index in [1.807, 2.05) is 11.9 Å². The summed E-state index contributed by atoms with van der Waals surface area (Å²) in [5.41, 5.74) is 3.36. The minimum Gasteiger partial charge on any atom is -0.393 e. The topological polar surface area (TPSA) is 52.6 Å². The van der Waals surface area contributed by atoms with Crippen molar-refractivity contribution in [3.63, 3.8) is 0 Å². The minimum absolute atomic E-state index is 0.0263. The molecule has 1 aromatic rings. The van der Waals surface area contributed by atoms with Crippen molar-refractivity contribution in [2.24, 2.45) is 5.92 Å². The lowest BCUT2D eigenvalue weighted by molar-refractivity contribution is -0.117. The zero-order chi connectivity index (χ0) is 17.5. The number of likely N-dealkylation sites (N-methyl/N-ethyl adjacent to an activating group) is 1. The van der Waals surface area contributed by atoms with Crippen LogP contribution >= 0.6 is 0 Å². The molecule has 0 spiro atoms. The molecular formula is C20H32N2O2. The summed E-state index contributed by atoms with van der Waals surface area (Å²) in [4.78, 5) is 14.5. The van der Waals surface area contributed by atoms with E-state index < -0.39 is 0 Å². The molecule has 134 valence electrons. The highest BCUT2D eigenvalue weighted by Crippen LogP contribution is 2.25. The Balaban J connectivity index is 1.93. The van der Waals surface area contributed by atoms with Gasteiger partial charge >= 0.3 is 0 Å². The fourth-order valence-electron chi connectivity index (χ4n) is 3.69. The van der Waals surface area contributed by atoms with Crippen molar-refractivity contribution in [3.8, 4) is 0 Å². The number of nitrogens with zero attached hydrogens (tertiary/aromatic N) is 1. The van der Waals surface area contributed by atoms with Crippen molar-refractivity contribution >= 4 is 11.6 Å². The van der Waals surface area contributed by atoms with Gasteiger partial charge in [-0.25, -0.2) is 0 Å². The van der Waals surface area contributed by atoms with Gasteiger partial charge in [0, 0.05) is 12.2 Å². The molecule has 2 N–H and O–H groups in total. The molecule has 2 atom stereocenters. The van der Waals surface area contributed by atoms with Gasteiger partial charge < -0.3 is 10.4 Å². The number of rotatable bonds is 7. The summed E-state index contributed by atoms with van der Waals surface area (Å²) in [6.45, 7) is 5.37. The molecule has 1 aromatic carbocycles. The molecule has 0 radical (unpaired) electrons. The molecule has 2 unspecified atom stereocenters. The summed E-state index contributed by atoms with van der Waals surface area (Å²) in [5.74, 6) is 0.323. The smallest absolute Gasteiger partial charge is 0.238 e. The Morgan fingerprint density at radius 1 is 1.21 bits per heavy atom. The molecular weight excluding hydrogens is 300 g/mol. The highest BCUT2D eigenvalue weighted by Gasteiger charge is 2.24. The lowest BCUT2D eigenvalue weighted by Gasteiger charge is -2.31. The average Bonchev–Trinajstić information content (AvgIpc) is 2.57. The van der Waals surface area contributed by atoms with Gasteiger partial charge in [-0.05, 0) is 49.8 Å². The number of aryl methyl sites for hydroxylation is 2. The largest absolute Gasteiger partial charge is 0.393 e. The van der Waals surface area contributed by atoms with Crippen molar-refractivity contribution in [3.05, 3.63) is 29.3 Å². The normalized spacial score (nSPS) is 21.0. The lowest BCUT2D eigenvalue weighted by Crippen LogP contribution is -2.38. The number of carbonyl (C=O) groups excluding carboxylic acids is 1. The summed E-state index contributed by atoms with van der Waals surface area (Å²) < 4.78 is 0. The molecule has 0 aromatic heterocycles. The van der Waals surface area contributed by atoms with Crippen molar-refractivity contribution in [2.45, 2.75) is 58.5 Å². The van der Waals surface area contributed by atoms with E-state index in [1.54, 1.807) is 0 Å². The Hall–Kier alpha value is -1.39. The number of aliphatic hydroxyl groups is 1. The number of nitrogens with one attached hydrogen (secondary N) is 1. The van der Waals surface area contributed by atoms with Gasteiger partial charge in [0.2, 0.25) is 5.91 Å². The monoisotopic (exact) mass is 332 g/mol. The molecule has 0 bridgehead atoms. The molecule has 0 saturated heterocycles. The molecule has 2 rings (SSSR count). The number of hydrogen-bond donors (Lipinski definition) is 2. The van der Waals surface area contributed by atoms with E-state index >= 15 is 0 Å². The zero-order valence-corrected chi connectivity index (χ0v) is 15.3. The van der Waals surface area contributed by atoms with Crippen LogP contribution in [0.5, 0.6) is 0 Å². The standard InChI is InChI=1S/C20H32N2O2/c1-4-15-10-8-11-16(5-2)20(15)21-19(24)14-22(3)13-17-9-6-7-12-18(17)23/h8,10-11,17-18,23H,4-7,9,12-14H2,1-3H3,(H,21,24). The molecule has 1 amide bonds.